The number of rotatable bonds is 16. The number of carbonyl (C=O) groups is 2. The number of halogens is 1. The number of carbonyl (C=O) groups excluding carboxylic acids is 2. The van der Waals surface area contributed by atoms with Crippen molar-refractivity contribution in [2.45, 2.75) is 51.4 Å². The summed E-state index contributed by atoms with van der Waals surface area (Å²) in [6.07, 6.45) is 3.38. The van der Waals surface area contributed by atoms with Crippen LogP contribution in [0.1, 0.15) is 58.5 Å². The van der Waals surface area contributed by atoms with Crippen LogP contribution >= 0.6 is 0 Å². The molecular weight excluding hydrogens is 629 g/mol. The Hall–Kier alpha value is -5.61. The molecule has 0 aliphatic rings. The fourth-order valence-corrected chi connectivity index (χ4v) is 5.93. The second kappa shape index (κ2) is 17.7. The number of guanidine groups is 1. The molecule has 10 heteroatoms. The van der Waals surface area contributed by atoms with Crippen molar-refractivity contribution in [3.05, 3.63) is 149 Å². The minimum atomic E-state index is -0.797. The van der Waals surface area contributed by atoms with Gasteiger partial charge in [0.2, 0.25) is 5.91 Å². The van der Waals surface area contributed by atoms with E-state index in [9.17, 15) is 14.0 Å². The summed E-state index contributed by atoms with van der Waals surface area (Å²) in [6, 6.07) is 32.8. The molecule has 5 aromatic rings. The Kier molecular flexibility index (Phi) is 12.6. The maximum atomic E-state index is 13.6. The summed E-state index contributed by atoms with van der Waals surface area (Å²) >= 11 is 0. The summed E-state index contributed by atoms with van der Waals surface area (Å²) in [7, 11) is 0. The smallest absolute Gasteiger partial charge is 0.251 e. The third-order valence-electron chi connectivity index (χ3n) is 8.58. The van der Waals surface area contributed by atoms with Gasteiger partial charge >= 0.3 is 0 Å². The van der Waals surface area contributed by atoms with Crippen molar-refractivity contribution in [2.24, 2.45) is 16.5 Å². The van der Waals surface area contributed by atoms with Crippen LogP contribution < -0.4 is 22.1 Å². The van der Waals surface area contributed by atoms with Gasteiger partial charge < -0.3 is 22.1 Å². The molecular formula is C40H44FN7O2. The number of aliphatic imine (C=N–C) groups is 1. The molecule has 258 valence electrons. The number of aromatic nitrogens is 1. The maximum absolute atomic E-state index is 13.6. The average Bonchev–Trinajstić information content (AvgIpc) is 3.12. The lowest BCUT2D eigenvalue weighted by atomic mass is 9.99. The molecule has 0 saturated heterocycles. The van der Waals surface area contributed by atoms with E-state index in [1.807, 2.05) is 79.7 Å². The number of amides is 2. The molecule has 0 aliphatic heterocycles. The molecule has 0 spiro atoms. The number of hydrogen-bond donors (Lipinski definition) is 4. The van der Waals surface area contributed by atoms with Gasteiger partial charge in [0, 0.05) is 37.9 Å². The van der Waals surface area contributed by atoms with Gasteiger partial charge in [0.15, 0.2) is 5.96 Å². The molecule has 0 radical (unpaired) electrons. The highest BCUT2D eigenvalue weighted by molar-refractivity contribution is 5.97. The van der Waals surface area contributed by atoms with Gasteiger partial charge in [-0.15, -0.1) is 0 Å². The van der Waals surface area contributed by atoms with Gasteiger partial charge in [0.05, 0.1) is 11.7 Å². The Morgan fingerprint density at radius 3 is 2.30 bits per heavy atom. The van der Waals surface area contributed by atoms with Gasteiger partial charge in [-0.25, -0.2) is 4.39 Å². The van der Waals surface area contributed by atoms with Gasteiger partial charge in [-0.1, -0.05) is 72.8 Å². The van der Waals surface area contributed by atoms with Crippen LogP contribution in [0.5, 0.6) is 0 Å². The molecule has 6 N–H and O–H groups in total. The Morgan fingerprint density at radius 1 is 0.840 bits per heavy atom. The molecule has 0 fully saturated rings. The van der Waals surface area contributed by atoms with E-state index in [-0.39, 0.29) is 29.6 Å². The SMILES string of the molecule is C[C@H](NC(=O)[C@H](CCCN=C(N)N)NC(=O)c1ccc(CN(CCc2ccc(F)cc2)Cc2ccccn2)cc1)c1cccc2ccccc12. The van der Waals surface area contributed by atoms with Crippen LogP contribution in [0.2, 0.25) is 0 Å². The first-order valence-electron chi connectivity index (χ1n) is 16.8. The summed E-state index contributed by atoms with van der Waals surface area (Å²) < 4.78 is 13.4. The first-order chi connectivity index (χ1) is 24.2. The lowest BCUT2D eigenvalue weighted by molar-refractivity contribution is -0.123. The number of fused-ring (bicyclic) bond motifs is 1. The molecule has 5 rings (SSSR count). The van der Waals surface area contributed by atoms with Crippen LogP contribution in [0.25, 0.3) is 10.8 Å². The van der Waals surface area contributed by atoms with Crippen LogP contribution in [0.15, 0.2) is 120 Å². The Bertz CT molecular complexity index is 1870. The zero-order valence-electron chi connectivity index (χ0n) is 28.3. The lowest BCUT2D eigenvalue weighted by Gasteiger charge is -2.23. The molecule has 50 heavy (non-hydrogen) atoms. The second-order valence-electron chi connectivity index (χ2n) is 12.4. The molecule has 4 aromatic carbocycles. The van der Waals surface area contributed by atoms with E-state index in [1.54, 1.807) is 30.5 Å². The number of nitrogens with two attached hydrogens (primary N) is 2. The number of hydrogen-bond acceptors (Lipinski definition) is 5. The predicted molar refractivity (Wildman–Crippen MR) is 197 cm³/mol. The minimum Gasteiger partial charge on any atom is -0.370 e. The van der Waals surface area contributed by atoms with Crippen molar-refractivity contribution in [2.75, 3.05) is 13.1 Å². The first kappa shape index (κ1) is 35.7. The normalized spacial score (nSPS) is 12.3. The topological polar surface area (TPSA) is 139 Å². The third-order valence-corrected chi connectivity index (χ3v) is 8.58. The minimum absolute atomic E-state index is 0.0197. The van der Waals surface area contributed by atoms with Crippen LogP contribution in [0.4, 0.5) is 4.39 Å². The molecule has 1 heterocycles. The van der Waals surface area contributed by atoms with Gasteiger partial charge in [-0.2, -0.15) is 0 Å². The average molecular weight is 674 g/mol. The number of nitrogens with zero attached hydrogens (tertiary/aromatic N) is 3. The summed E-state index contributed by atoms with van der Waals surface area (Å²) in [4.78, 5) is 37.9. The molecule has 9 nitrogen and oxygen atoms in total. The maximum Gasteiger partial charge on any atom is 0.251 e. The standard InChI is InChI=1S/C40H44FN7O2/c1-28(35-12-6-9-31-8-2-3-11-36(31)35)46-39(50)37(13-7-24-45-40(42)43)47-38(49)32-18-14-30(15-19-32)26-48(27-34-10-4-5-23-44-34)25-22-29-16-20-33(41)21-17-29/h2-6,8-12,14-21,23,28,37H,7,13,22,24-27H2,1H3,(H,46,50)(H,47,49)(H4,42,43,45)/t28-,37-/m0/s1. The first-order valence-corrected chi connectivity index (χ1v) is 16.8. The summed E-state index contributed by atoms with van der Waals surface area (Å²) in [5, 5.41) is 8.19. The zero-order valence-corrected chi connectivity index (χ0v) is 28.3. The number of pyridine rings is 1. The molecule has 2 atom stereocenters. The molecule has 0 unspecified atom stereocenters. The van der Waals surface area contributed by atoms with E-state index in [4.69, 9.17) is 11.5 Å². The van der Waals surface area contributed by atoms with Crippen molar-refractivity contribution >= 4 is 28.5 Å². The fourth-order valence-electron chi connectivity index (χ4n) is 5.93. The van der Waals surface area contributed by atoms with Crippen LogP contribution in [-0.2, 0) is 24.3 Å². The fraction of sp³-hybridized carbons (Fsp3) is 0.250. The lowest BCUT2D eigenvalue weighted by Crippen LogP contribution is -2.47. The highest BCUT2D eigenvalue weighted by atomic mass is 19.1. The van der Waals surface area contributed by atoms with E-state index in [2.05, 4.69) is 25.5 Å². The zero-order chi connectivity index (χ0) is 35.3. The van der Waals surface area contributed by atoms with Gasteiger partial charge in [0.1, 0.15) is 11.9 Å². The molecule has 2 amide bonds. The van der Waals surface area contributed by atoms with Gasteiger partial charge in [-0.3, -0.25) is 24.5 Å². The van der Waals surface area contributed by atoms with E-state index in [0.717, 1.165) is 46.1 Å². The molecule has 1 aromatic heterocycles. The van der Waals surface area contributed by atoms with Crippen LogP contribution in [-0.4, -0.2) is 46.8 Å². The van der Waals surface area contributed by atoms with E-state index >= 15 is 0 Å². The molecule has 0 aliphatic carbocycles. The van der Waals surface area contributed by atoms with Crippen molar-refractivity contribution in [3.8, 4) is 0 Å². The quantitative estimate of drug-likeness (QED) is 0.0607. The molecule has 0 bridgehead atoms. The number of nitrogens with one attached hydrogen (secondary N) is 2. The van der Waals surface area contributed by atoms with Crippen molar-refractivity contribution in [1.29, 1.82) is 0 Å². The van der Waals surface area contributed by atoms with Gasteiger partial charge in [0.25, 0.3) is 5.91 Å². The monoisotopic (exact) mass is 673 g/mol. The van der Waals surface area contributed by atoms with Crippen molar-refractivity contribution in [1.82, 2.24) is 20.5 Å². The van der Waals surface area contributed by atoms with Crippen LogP contribution in [0, 0.1) is 5.82 Å². The van der Waals surface area contributed by atoms with Crippen molar-refractivity contribution in [3.63, 3.8) is 0 Å². The van der Waals surface area contributed by atoms with Crippen LogP contribution in [0.3, 0.4) is 0 Å². The third kappa shape index (κ3) is 10.4. The second-order valence-corrected chi connectivity index (χ2v) is 12.4. The highest BCUT2D eigenvalue weighted by Gasteiger charge is 2.24. The van der Waals surface area contributed by atoms with E-state index in [1.165, 1.54) is 12.1 Å². The summed E-state index contributed by atoms with van der Waals surface area (Å²) in [5.74, 6) is -0.908. The Morgan fingerprint density at radius 2 is 1.56 bits per heavy atom. The van der Waals surface area contributed by atoms with Crippen molar-refractivity contribution < 1.29 is 14.0 Å². The van der Waals surface area contributed by atoms with E-state index < -0.39 is 6.04 Å². The highest BCUT2D eigenvalue weighted by Crippen LogP contribution is 2.24. The van der Waals surface area contributed by atoms with Gasteiger partial charge in [-0.05, 0) is 90.0 Å². The largest absolute Gasteiger partial charge is 0.370 e. The Balaban J connectivity index is 1.25. The Labute approximate surface area is 292 Å². The summed E-state index contributed by atoms with van der Waals surface area (Å²) in [5.41, 5.74) is 15.4. The number of benzene rings is 4. The summed E-state index contributed by atoms with van der Waals surface area (Å²) in [6.45, 7) is 4.27. The molecule has 0 saturated carbocycles. The predicted octanol–water partition coefficient (Wildman–Crippen LogP) is 5.65. The van der Waals surface area contributed by atoms with E-state index in [0.29, 0.717) is 38.0 Å².